The molecule has 2 atom stereocenters. The second-order valence-electron chi connectivity index (χ2n) is 5.71. The Balaban J connectivity index is 1.65. The highest BCUT2D eigenvalue weighted by Gasteiger charge is 2.30. The zero-order chi connectivity index (χ0) is 17.6. The number of pyridine rings is 1. The van der Waals surface area contributed by atoms with Gasteiger partial charge in [-0.25, -0.2) is 8.78 Å². The average molecular weight is 348 g/mol. The van der Waals surface area contributed by atoms with E-state index < -0.39 is 35.3 Å². The smallest absolute Gasteiger partial charge is 0.257 e. The molecule has 2 heterocycles. The van der Waals surface area contributed by atoms with Crippen molar-refractivity contribution < 1.29 is 23.0 Å². The molecule has 1 aliphatic rings. The lowest BCUT2D eigenvalue weighted by Gasteiger charge is -2.32. The summed E-state index contributed by atoms with van der Waals surface area (Å²) >= 11 is 0. The van der Waals surface area contributed by atoms with E-state index in [-0.39, 0.29) is 13.2 Å². The number of hydrogen-bond acceptors (Lipinski definition) is 4. The number of rotatable bonds is 5. The number of aromatic nitrogens is 1. The van der Waals surface area contributed by atoms with Gasteiger partial charge in [0.1, 0.15) is 23.3 Å². The van der Waals surface area contributed by atoms with Crippen molar-refractivity contribution in [3.05, 3.63) is 65.5 Å². The summed E-state index contributed by atoms with van der Waals surface area (Å²) in [6, 6.07) is 8.40. The van der Waals surface area contributed by atoms with Gasteiger partial charge < -0.3 is 14.8 Å². The number of ether oxygens (including phenoxy) is 2. The van der Waals surface area contributed by atoms with Gasteiger partial charge in [0.05, 0.1) is 24.9 Å². The van der Waals surface area contributed by atoms with Crippen LogP contribution < -0.4 is 5.32 Å². The van der Waals surface area contributed by atoms with Crippen LogP contribution in [0.4, 0.5) is 8.78 Å². The Labute approximate surface area is 144 Å². The minimum Gasteiger partial charge on any atom is -0.379 e. The van der Waals surface area contributed by atoms with E-state index in [0.717, 1.165) is 17.8 Å². The maximum atomic E-state index is 13.8. The summed E-state index contributed by atoms with van der Waals surface area (Å²) in [7, 11) is 0. The van der Waals surface area contributed by atoms with Crippen LogP contribution in [0, 0.1) is 11.6 Å². The maximum absolute atomic E-state index is 13.8. The first-order chi connectivity index (χ1) is 12.1. The Kier molecular flexibility index (Phi) is 5.67. The molecule has 0 spiro atoms. The third kappa shape index (κ3) is 4.37. The first-order valence-corrected chi connectivity index (χ1v) is 7.99. The van der Waals surface area contributed by atoms with Gasteiger partial charge in [0.15, 0.2) is 0 Å². The number of amides is 1. The van der Waals surface area contributed by atoms with Crippen molar-refractivity contribution in [3.8, 4) is 0 Å². The molecular weight excluding hydrogens is 330 g/mol. The summed E-state index contributed by atoms with van der Waals surface area (Å²) in [5, 5.41) is 2.66. The van der Waals surface area contributed by atoms with Crippen molar-refractivity contribution in [2.24, 2.45) is 0 Å². The number of nitrogens with one attached hydrogen (secondary N) is 1. The van der Waals surface area contributed by atoms with Crippen LogP contribution in [-0.4, -0.2) is 36.3 Å². The van der Waals surface area contributed by atoms with Gasteiger partial charge in [-0.3, -0.25) is 9.78 Å². The molecular formula is C18H18F2N2O3. The van der Waals surface area contributed by atoms with E-state index in [1.807, 2.05) is 12.1 Å². The molecule has 132 valence electrons. The number of carbonyl (C=O) groups is 1. The highest BCUT2D eigenvalue weighted by Crippen LogP contribution is 2.16. The minimum atomic E-state index is -0.893. The van der Waals surface area contributed by atoms with E-state index >= 15 is 0 Å². The fourth-order valence-corrected chi connectivity index (χ4v) is 2.67. The summed E-state index contributed by atoms with van der Waals surface area (Å²) in [5.74, 6) is -2.58. The Morgan fingerprint density at radius 3 is 2.76 bits per heavy atom. The summed E-state index contributed by atoms with van der Waals surface area (Å²) in [6.07, 6.45) is 1.74. The molecule has 25 heavy (non-hydrogen) atoms. The lowest BCUT2D eigenvalue weighted by Crippen LogP contribution is -2.50. The molecule has 0 radical (unpaired) electrons. The highest BCUT2D eigenvalue weighted by molar-refractivity contribution is 5.95. The molecule has 3 rings (SSSR count). The number of carbonyl (C=O) groups excluding carboxylic acids is 1. The van der Waals surface area contributed by atoms with Crippen molar-refractivity contribution in [2.45, 2.75) is 25.2 Å². The molecule has 2 aromatic rings. The van der Waals surface area contributed by atoms with Crippen LogP contribution in [0.3, 0.4) is 0 Å². The van der Waals surface area contributed by atoms with Gasteiger partial charge in [0, 0.05) is 12.8 Å². The third-order valence-electron chi connectivity index (χ3n) is 3.98. The zero-order valence-electron chi connectivity index (χ0n) is 13.5. The van der Waals surface area contributed by atoms with Gasteiger partial charge >= 0.3 is 0 Å². The largest absolute Gasteiger partial charge is 0.379 e. The number of hydrogen-bond donors (Lipinski definition) is 1. The van der Waals surface area contributed by atoms with Crippen LogP contribution >= 0.6 is 0 Å². The first-order valence-electron chi connectivity index (χ1n) is 7.99. The summed E-state index contributed by atoms with van der Waals surface area (Å²) in [5.41, 5.74) is 0.163. The van der Waals surface area contributed by atoms with Gasteiger partial charge in [-0.15, -0.1) is 0 Å². The zero-order valence-corrected chi connectivity index (χ0v) is 13.5. The maximum Gasteiger partial charge on any atom is 0.257 e. The predicted octanol–water partition coefficient (Wildman–Crippen LogP) is 2.46. The number of benzene rings is 1. The lowest BCUT2D eigenvalue weighted by atomic mass is 10.0. The van der Waals surface area contributed by atoms with Crippen LogP contribution in [0.2, 0.25) is 0 Å². The fraction of sp³-hybridized carbons (Fsp3) is 0.333. The number of nitrogens with zero attached hydrogens (tertiary/aromatic N) is 1. The SMILES string of the molecule is O=C(N[C@@H]1CCOC[C@H]1OCc1ccccn1)c1c(F)cccc1F. The molecule has 1 aromatic heterocycles. The second-order valence-corrected chi connectivity index (χ2v) is 5.71. The molecule has 0 bridgehead atoms. The van der Waals surface area contributed by atoms with E-state index in [9.17, 15) is 13.6 Å². The topological polar surface area (TPSA) is 60.5 Å². The molecule has 1 N–H and O–H groups in total. The summed E-state index contributed by atoms with van der Waals surface area (Å²) in [4.78, 5) is 16.4. The van der Waals surface area contributed by atoms with Crippen molar-refractivity contribution in [1.82, 2.24) is 10.3 Å². The van der Waals surface area contributed by atoms with Crippen LogP contribution in [0.1, 0.15) is 22.5 Å². The third-order valence-corrected chi connectivity index (χ3v) is 3.98. The van der Waals surface area contributed by atoms with Crippen molar-refractivity contribution in [2.75, 3.05) is 13.2 Å². The standard InChI is InChI=1S/C18H18F2N2O3/c19-13-5-3-6-14(20)17(13)18(23)22-15-7-9-24-11-16(15)25-10-12-4-1-2-8-21-12/h1-6,8,15-16H,7,9-11H2,(H,22,23)/t15-,16-/m1/s1. The fourth-order valence-electron chi connectivity index (χ4n) is 2.67. The van der Waals surface area contributed by atoms with E-state index in [1.165, 1.54) is 6.07 Å². The van der Waals surface area contributed by atoms with Crippen molar-refractivity contribution in [3.63, 3.8) is 0 Å². The van der Waals surface area contributed by atoms with Crippen molar-refractivity contribution >= 4 is 5.91 Å². The normalized spacial score (nSPS) is 20.2. The monoisotopic (exact) mass is 348 g/mol. The van der Waals surface area contributed by atoms with E-state index in [2.05, 4.69) is 10.3 Å². The number of halogens is 2. The van der Waals surface area contributed by atoms with Crippen LogP contribution in [0.25, 0.3) is 0 Å². The highest BCUT2D eigenvalue weighted by atomic mass is 19.1. The summed E-state index contributed by atoms with van der Waals surface area (Å²) < 4.78 is 38.7. The quantitative estimate of drug-likeness (QED) is 0.902. The predicted molar refractivity (Wildman–Crippen MR) is 85.9 cm³/mol. The van der Waals surface area contributed by atoms with Crippen LogP contribution in [-0.2, 0) is 16.1 Å². The molecule has 0 unspecified atom stereocenters. The lowest BCUT2D eigenvalue weighted by molar-refractivity contribution is -0.0743. The van der Waals surface area contributed by atoms with E-state index in [1.54, 1.807) is 12.3 Å². The Bertz CT molecular complexity index is 707. The van der Waals surface area contributed by atoms with Gasteiger partial charge in [-0.2, -0.15) is 0 Å². The Morgan fingerprint density at radius 2 is 2.04 bits per heavy atom. The Morgan fingerprint density at radius 1 is 1.24 bits per heavy atom. The Hall–Kier alpha value is -2.38. The molecule has 1 amide bonds. The molecule has 0 saturated carbocycles. The average Bonchev–Trinajstić information content (AvgIpc) is 2.62. The molecule has 1 aliphatic heterocycles. The van der Waals surface area contributed by atoms with Gasteiger partial charge in [-0.05, 0) is 30.7 Å². The van der Waals surface area contributed by atoms with Crippen LogP contribution in [0.5, 0.6) is 0 Å². The molecule has 1 saturated heterocycles. The van der Waals surface area contributed by atoms with Gasteiger partial charge in [-0.1, -0.05) is 12.1 Å². The van der Waals surface area contributed by atoms with E-state index in [4.69, 9.17) is 9.47 Å². The van der Waals surface area contributed by atoms with Gasteiger partial charge in [0.25, 0.3) is 5.91 Å². The van der Waals surface area contributed by atoms with Crippen molar-refractivity contribution in [1.29, 1.82) is 0 Å². The van der Waals surface area contributed by atoms with Crippen LogP contribution in [0.15, 0.2) is 42.6 Å². The second kappa shape index (κ2) is 8.13. The molecule has 7 heteroatoms. The summed E-state index contributed by atoms with van der Waals surface area (Å²) in [6.45, 7) is 0.987. The molecule has 0 aliphatic carbocycles. The van der Waals surface area contributed by atoms with Gasteiger partial charge in [0.2, 0.25) is 0 Å². The first kappa shape index (κ1) is 17.4. The molecule has 5 nitrogen and oxygen atoms in total. The minimum absolute atomic E-state index is 0.259. The molecule has 1 fully saturated rings. The van der Waals surface area contributed by atoms with E-state index in [0.29, 0.717) is 13.0 Å². The molecule has 1 aromatic carbocycles.